The number of amides is 1. The molecule has 2 N–H and O–H groups in total. The number of nitrogens with two attached hydrogens (primary N) is 1. The molecule has 1 heterocycles. The van der Waals surface area contributed by atoms with E-state index in [-0.39, 0.29) is 11.3 Å². The van der Waals surface area contributed by atoms with Crippen LogP contribution in [-0.2, 0) is 4.79 Å². The van der Waals surface area contributed by atoms with Gasteiger partial charge in [0, 0.05) is 18.5 Å². The second kappa shape index (κ2) is 3.29. The van der Waals surface area contributed by atoms with Gasteiger partial charge in [-0.05, 0) is 31.2 Å². The van der Waals surface area contributed by atoms with Crippen molar-refractivity contribution in [3.63, 3.8) is 0 Å². The monoisotopic (exact) mass is 192 g/mol. The summed E-state index contributed by atoms with van der Waals surface area (Å²) in [6, 6.07) is 0. The number of rotatable bonds is 1. The summed E-state index contributed by atoms with van der Waals surface area (Å²) in [4.78, 5) is 13.1. The molecule has 2 aliphatic rings. The quantitative estimate of drug-likeness (QED) is 0.604. The van der Waals surface area contributed by atoms with Gasteiger partial charge in [0.1, 0.15) is 0 Å². The third-order valence-electron chi connectivity index (χ3n) is 3.86. The molecule has 2 atom stereocenters. The normalized spacial score (nSPS) is 35.4. The van der Waals surface area contributed by atoms with E-state index in [9.17, 15) is 4.79 Å². The van der Waals surface area contributed by atoms with Gasteiger partial charge in [0.05, 0.1) is 0 Å². The maximum absolute atomic E-state index is 11.4. The van der Waals surface area contributed by atoms with Crippen molar-refractivity contribution in [2.24, 2.45) is 17.1 Å². The maximum Gasteiger partial charge on any atom is 0.298 e. The first-order chi connectivity index (χ1) is 6.72. The van der Waals surface area contributed by atoms with E-state index < -0.39 is 0 Å². The Morgan fingerprint density at radius 3 is 3.07 bits per heavy atom. The molecule has 2 unspecified atom stereocenters. The summed E-state index contributed by atoms with van der Waals surface area (Å²) < 4.78 is 0. The van der Waals surface area contributed by atoms with Gasteiger partial charge >= 0.3 is 0 Å². The van der Waals surface area contributed by atoms with E-state index in [0.29, 0.717) is 12.5 Å². The molecule has 3 heteroatoms. The minimum atomic E-state index is -0.174. The standard InChI is InChI=1S/C11H16N2O/c1-2-10(14)13-6-9-4-3-5-11(9,7-12)8-13/h1,9H,3-8,12H2. The predicted octanol–water partition coefficient (Wildman–Crippen LogP) is 0.207. The Kier molecular flexibility index (Phi) is 2.24. The number of fused-ring (bicyclic) bond motifs is 1. The number of terminal acetylenes is 1. The fourth-order valence-electron chi connectivity index (χ4n) is 2.99. The summed E-state index contributed by atoms with van der Waals surface area (Å²) in [5.41, 5.74) is 6.01. The van der Waals surface area contributed by atoms with Crippen LogP contribution in [0.4, 0.5) is 0 Å². The number of likely N-dealkylation sites (tertiary alicyclic amines) is 1. The molecule has 0 bridgehead atoms. The van der Waals surface area contributed by atoms with Crippen molar-refractivity contribution < 1.29 is 4.79 Å². The van der Waals surface area contributed by atoms with Crippen molar-refractivity contribution in [3.8, 4) is 12.3 Å². The number of hydrogen-bond acceptors (Lipinski definition) is 2. The summed E-state index contributed by atoms with van der Waals surface area (Å²) >= 11 is 0. The molecule has 0 spiro atoms. The SMILES string of the molecule is C#CC(=O)N1CC2CCCC2(CN)C1. The van der Waals surface area contributed by atoms with Crippen molar-refractivity contribution in [2.45, 2.75) is 19.3 Å². The third kappa shape index (κ3) is 1.22. The predicted molar refractivity (Wildman–Crippen MR) is 54.2 cm³/mol. The molecule has 1 saturated carbocycles. The summed E-state index contributed by atoms with van der Waals surface area (Å²) in [5.74, 6) is 2.60. The Hall–Kier alpha value is -1.01. The molecule has 3 nitrogen and oxygen atoms in total. The Labute approximate surface area is 84.6 Å². The molecule has 2 fully saturated rings. The minimum absolute atomic E-state index is 0.174. The molecule has 0 aromatic rings. The summed E-state index contributed by atoms with van der Waals surface area (Å²) in [6.07, 6.45) is 8.72. The van der Waals surface area contributed by atoms with Crippen molar-refractivity contribution in [2.75, 3.05) is 19.6 Å². The van der Waals surface area contributed by atoms with Gasteiger partial charge in [0.15, 0.2) is 0 Å². The van der Waals surface area contributed by atoms with Crippen LogP contribution in [0.2, 0.25) is 0 Å². The molecule has 1 aliphatic carbocycles. The van der Waals surface area contributed by atoms with Crippen LogP contribution in [0.25, 0.3) is 0 Å². The van der Waals surface area contributed by atoms with Gasteiger partial charge in [0.2, 0.25) is 0 Å². The van der Waals surface area contributed by atoms with Crippen LogP contribution < -0.4 is 5.73 Å². The van der Waals surface area contributed by atoms with Crippen LogP contribution in [0.5, 0.6) is 0 Å². The second-order valence-electron chi connectivity index (χ2n) is 4.49. The molecule has 0 aromatic heterocycles. The highest BCUT2D eigenvalue weighted by Gasteiger charge is 2.49. The largest absolute Gasteiger partial charge is 0.331 e. The van der Waals surface area contributed by atoms with Crippen LogP contribution in [0.15, 0.2) is 0 Å². The molecule has 2 rings (SSSR count). The van der Waals surface area contributed by atoms with Crippen LogP contribution in [0.3, 0.4) is 0 Å². The highest BCUT2D eigenvalue weighted by Crippen LogP contribution is 2.47. The number of carbonyl (C=O) groups excluding carboxylic acids is 1. The smallest absolute Gasteiger partial charge is 0.298 e. The molecule has 1 amide bonds. The van der Waals surface area contributed by atoms with E-state index in [1.807, 2.05) is 0 Å². The second-order valence-corrected chi connectivity index (χ2v) is 4.49. The Morgan fingerprint density at radius 1 is 1.71 bits per heavy atom. The lowest BCUT2D eigenvalue weighted by Gasteiger charge is -2.26. The number of nitrogens with zero attached hydrogens (tertiary/aromatic N) is 1. The van der Waals surface area contributed by atoms with Gasteiger partial charge < -0.3 is 10.6 Å². The zero-order chi connectivity index (χ0) is 10.2. The topological polar surface area (TPSA) is 46.3 Å². The van der Waals surface area contributed by atoms with E-state index in [1.165, 1.54) is 12.8 Å². The van der Waals surface area contributed by atoms with E-state index in [1.54, 1.807) is 4.90 Å². The number of hydrogen-bond donors (Lipinski definition) is 1. The van der Waals surface area contributed by atoms with Crippen LogP contribution in [0.1, 0.15) is 19.3 Å². The molecular weight excluding hydrogens is 176 g/mol. The van der Waals surface area contributed by atoms with E-state index >= 15 is 0 Å². The lowest BCUT2D eigenvalue weighted by atomic mass is 9.81. The van der Waals surface area contributed by atoms with Crippen molar-refractivity contribution in [3.05, 3.63) is 0 Å². The van der Waals surface area contributed by atoms with Gasteiger partial charge in [-0.2, -0.15) is 0 Å². The van der Waals surface area contributed by atoms with Crippen LogP contribution in [0, 0.1) is 23.7 Å². The summed E-state index contributed by atoms with van der Waals surface area (Å²) in [5, 5.41) is 0. The van der Waals surface area contributed by atoms with Crippen LogP contribution >= 0.6 is 0 Å². The summed E-state index contributed by atoms with van der Waals surface area (Å²) in [6.45, 7) is 2.28. The summed E-state index contributed by atoms with van der Waals surface area (Å²) in [7, 11) is 0. The fraction of sp³-hybridized carbons (Fsp3) is 0.727. The van der Waals surface area contributed by atoms with Gasteiger partial charge in [-0.25, -0.2) is 0 Å². The molecule has 0 radical (unpaired) electrons. The molecular formula is C11H16N2O. The lowest BCUT2D eigenvalue weighted by molar-refractivity contribution is -0.124. The molecule has 1 aliphatic heterocycles. The first kappa shape index (κ1) is 9.54. The van der Waals surface area contributed by atoms with E-state index in [2.05, 4.69) is 5.92 Å². The zero-order valence-corrected chi connectivity index (χ0v) is 8.33. The van der Waals surface area contributed by atoms with Crippen molar-refractivity contribution in [1.29, 1.82) is 0 Å². The van der Waals surface area contributed by atoms with Gasteiger partial charge in [-0.15, -0.1) is 6.42 Å². The number of carbonyl (C=O) groups is 1. The van der Waals surface area contributed by atoms with Gasteiger partial charge in [-0.1, -0.05) is 6.42 Å². The van der Waals surface area contributed by atoms with Crippen molar-refractivity contribution in [1.82, 2.24) is 4.90 Å². The fourth-order valence-corrected chi connectivity index (χ4v) is 2.99. The Bertz CT molecular complexity index is 294. The van der Waals surface area contributed by atoms with Crippen LogP contribution in [-0.4, -0.2) is 30.4 Å². The van der Waals surface area contributed by atoms with Gasteiger partial charge in [-0.3, -0.25) is 4.79 Å². The molecule has 0 aromatic carbocycles. The zero-order valence-electron chi connectivity index (χ0n) is 8.33. The highest BCUT2D eigenvalue weighted by atomic mass is 16.2. The Balaban J connectivity index is 2.13. The highest BCUT2D eigenvalue weighted by molar-refractivity contribution is 5.93. The van der Waals surface area contributed by atoms with E-state index in [0.717, 1.165) is 19.5 Å². The molecule has 76 valence electrons. The maximum atomic E-state index is 11.4. The first-order valence-electron chi connectivity index (χ1n) is 5.17. The van der Waals surface area contributed by atoms with Crippen molar-refractivity contribution >= 4 is 5.91 Å². The first-order valence-corrected chi connectivity index (χ1v) is 5.17. The molecule has 1 saturated heterocycles. The minimum Gasteiger partial charge on any atom is -0.331 e. The Morgan fingerprint density at radius 2 is 2.50 bits per heavy atom. The third-order valence-corrected chi connectivity index (χ3v) is 3.86. The van der Waals surface area contributed by atoms with E-state index in [4.69, 9.17) is 12.2 Å². The lowest BCUT2D eigenvalue weighted by Crippen LogP contribution is -2.36. The average molecular weight is 192 g/mol. The molecule has 14 heavy (non-hydrogen) atoms. The van der Waals surface area contributed by atoms with Gasteiger partial charge in [0.25, 0.3) is 5.91 Å². The average Bonchev–Trinajstić information content (AvgIpc) is 2.72.